The maximum Gasteiger partial charge on any atom is 0.335 e. The van der Waals surface area contributed by atoms with Crippen molar-refractivity contribution in [3.8, 4) is 17.2 Å². The summed E-state index contributed by atoms with van der Waals surface area (Å²) in [5.41, 5.74) is 1.56. The second kappa shape index (κ2) is 11.1. The molecule has 3 aromatic rings. The molecule has 0 saturated carbocycles. The SMILES string of the molecule is COc1cc(C=C2C(=O)NC(=O)N(c3cccc(C)c3)C2=O)cc(Br)c1OCCOc1ccccc1. The van der Waals surface area contributed by atoms with Crippen molar-refractivity contribution in [2.45, 2.75) is 6.92 Å². The fourth-order valence-corrected chi connectivity index (χ4v) is 4.18. The molecule has 36 heavy (non-hydrogen) atoms. The first-order chi connectivity index (χ1) is 17.4. The Morgan fingerprint density at radius 1 is 0.944 bits per heavy atom. The molecular weight excluding hydrogens is 528 g/mol. The van der Waals surface area contributed by atoms with Gasteiger partial charge in [0.15, 0.2) is 11.5 Å². The van der Waals surface area contributed by atoms with Crippen LogP contribution in [0.1, 0.15) is 11.1 Å². The van der Waals surface area contributed by atoms with Gasteiger partial charge in [0.2, 0.25) is 0 Å². The van der Waals surface area contributed by atoms with Crippen molar-refractivity contribution in [2.75, 3.05) is 25.2 Å². The summed E-state index contributed by atoms with van der Waals surface area (Å²) in [6, 6.07) is 18.8. The van der Waals surface area contributed by atoms with Crippen LogP contribution in [-0.2, 0) is 9.59 Å². The first-order valence-corrected chi connectivity index (χ1v) is 11.8. The van der Waals surface area contributed by atoms with Crippen molar-refractivity contribution in [2.24, 2.45) is 0 Å². The molecule has 0 bridgehead atoms. The number of amides is 4. The van der Waals surface area contributed by atoms with Crippen molar-refractivity contribution in [1.82, 2.24) is 5.32 Å². The second-order valence-corrected chi connectivity index (χ2v) is 8.70. The monoisotopic (exact) mass is 550 g/mol. The zero-order valence-corrected chi connectivity index (χ0v) is 21.2. The summed E-state index contributed by atoms with van der Waals surface area (Å²) in [7, 11) is 1.49. The van der Waals surface area contributed by atoms with Crippen molar-refractivity contribution in [3.63, 3.8) is 0 Å². The van der Waals surface area contributed by atoms with Gasteiger partial charge in [0, 0.05) is 0 Å². The molecule has 1 saturated heterocycles. The van der Waals surface area contributed by atoms with Crippen molar-refractivity contribution >= 4 is 45.5 Å². The molecule has 8 nitrogen and oxygen atoms in total. The molecule has 4 amide bonds. The minimum Gasteiger partial charge on any atom is -0.493 e. The lowest BCUT2D eigenvalue weighted by atomic mass is 10.1. The molecule has 1 N–H and O–H groups in total. The predicted molar refractivity (Wildman–Crippen MR) is 138 cm³/mol. The minimum absolute atomic E-state index is 0.185. The quantitative estimate of drug-likeness (QED) is 0.244. The Bertz CT molecular complexity index is 1340. The van der Waals surface area contributed by atoms with Crippen LogP contribution in [-0.4, -0.2) is 38.2 Å². The lowest BCUT2D eigenvalue weighted by Crippen LogP contribution is -2.54. The average Bonchev–Trinajstić information content (AvgIpc) is 2.85. The Balaban J connectivity index is 1.54. The highest BCUT2D eigenvalue weighted by Crippen LogP contribution is 2.37. The number of nitrogens with zero attached hydrogens (tertiary/aromatic N) is 1. The predicted octanol–water partition coefficient (Wildman–Crippen LogP) is 4.89. The van der Waals surface area contributed by atoms with Gasteiger partial charge in [0.25, 0.3) is 11.8 Å². The third-order valence-electron chi connectivity index (χ3n) is 5.27. The topological polar surface area (TPSA) is 94.2 Å². The summed E-state index contributed by atoms with van der Waals surface area (Å²) in [6.07, 6.45) is 1.41. The molecule has 1 heterocycles. The van der Waals surface area contributed by atoms with Gasteiger partial charge < -0.3 is 14.2 Å². The van der Waals surface area contributed by atoms with E-state index < -0.39 is 17.8 Å². The van der Waals surface area contributed by atoms with Gasteiger partial charge in [-0.2, -0.15) is 0 Å². The van der Waals surface area contributed by atoms with E-state index in [4.69, 9.17) is 14.2 Å². The third-order valence-corrected chi connectivity index (χ3v) is 5.86. The first-order valence-electron chi connectivity index (χ1n) is 11.0. The van der Waals surface area contributed by atoms with E-state index in [1.165, 1.54) is 13.2 Å². The van der Waals surface area contributed by atoms with E-state index in [1.54, 1.807) is 30.3 Å². The molecular formula is C27H23BrN2O6. The fourth-order valence-electron chi connectivity index (χ4n) is 3.61. The highest BCUT2D eigenvalue weighted by atomic mass is 79.9. The molecule has 1 fully saturated rings. The number of hydrogen-bond acceptors (Lipinski definition) is 6. The lowest BCUT2D eigenvalue weighted by Gasteiger charge is -2.26. The Morgan fingerprint density at radius 2 is 1.69 bits per heavy atom. The maximum absolute atomic E-state index is 13.2. The highest BCUT2D eigenvalue weighted by Gasteiger charge is 2.36. The van der Waals surface area contributed by atoms with E-state index in [0.717, 1.165) is 16.2 Å². The number of ether oxygens (including phenoxy) is 3. The third kappa shape index (κ3) is 5.58. The number of rotatable bonds is 8. The zero-order chi connectivity index (χ0) is 25.7. The van der Waals surface area contributed by atoms with Crippen LogP contribution in [0.5, 0.6) is 17.2 Å². The normalized spacial score (nSPS) is 14.6. The molecule has 0 spiro atoms. The summed E-state index contributed by atoms with van der Waals surface area (Å²) in [4.78, 5) is 39.1. The maximum atomic E-state index is 13.2. The molecule has 3 aromatic carbocycles. The summed E-state index contributed by atoms with van der Waals surface area (Å²) >= 11 is 3.47. The van der Waals surface area contributed by atoms with E-state index in [2.05, 4.69) is 21.2 Å². The van der Waals surface area contributed by atoms with Gasteiger partial charge in [0.05, 0.1) is 17.3 Å². The van der Waals surface area contributed by atoms with E-state index in [9.17, 15) is 14.4 Å². The standard InChI is InChI=1S/C27H23BrN2O6/c1-17-7-6-8-19(13-17)30-26(32)21(25(31)29-27(30)33)14-18-15-22(28)24(23(16-18)34-2)36-12-11-35-20-9-4-3-5-10-20/h3-10,13-16H,11-12H2,1-2H3,(H,29,31,33). The molecule has 0 aromatic heterocycles. The largest absolute Gasteiger partial charge is 0.493 e. The van der Waals surface area contributed by atoms with E-state index in [1.807, 2.05) is 43.3 Å². The molecule has 1 aliphatic rings. The number of hydrogen-bond donors (Lipinski definition) is 1. The van der Waals surface area contributed by atoms with Crippen LogP contribution in [0.15, 0.2) is 76.8 Å². The van der Waals surface area contributed by atoms with Crippen molar-refractivity contribution in [3.05, 3.63) is 87.9 Å². The summed E-state index contributed by atoms with van der Waals surface area (Å²) in [5, 5.41) is 2.23. The number of barbiturate groups is 1. The molecule has 0 unspecified atom stereocenters. The number of urea groups is 1. The van der Waals surface area contributed by atoms with Gasteiger partial charge in [-0.25, -0.2) is 9.69 Å². The summed E-state index contributed by atoms with van der Waals surface area (Å²) < 4.78 is 17.5. The van der Waals surface area contributed by atoms with Gasteiger partial charge in [0.1, 0.15) is 24.5 Å². The van der Waals surface area contributed by atoms with E-state index >= 15 is 0 Å². The van der Waals surface area contributed by atoms with Crippen LogP contribution < -0.4 is 24.4 Å². The zero-order valence-electron chi connectivity index (χ0n) is 19.6. The smallest absolute Gasteiger partial charge is 0.335 e. The highest BCUT2D eigenvalue weighted by molar-refractivity contribution is 9.10. The lowest BCUT2D eigenvalue weighted by molar-refractivity contribution is -0.122. The number of para-hydroxylation sites is 1. The van der Waals surface area contributed by atoms with E-state index in [-0.39, 0.29) is 12.2 Å². The molecule has 0 aliphatic carbocycles. The van der Waals surface area contributed by atoms with E-state index in [0.29, 0.717) is 33.8 Å². The van der Waals surface area contributed by atoms with Gasteiger partial charge in [-0.05, 0) is 76.5 Å². The Labute approximate surface area is 216 Å². The van der Waals surface area contributed by atoms with Crippen LogP contribution in [0, 0.1) is 6.92 Å². The van der Waals surface area contributed by atoms with Crippen molar-refractivity contribution < 1.29 is 28.6 Å². The summed E-state index contributed by atoms with van der Waals surface area (Å²) in [6.45, 7) is 2.43. The Kier molecular flexibility index (Phi) is 7.70. The van der Waals surface area contributed by atoms with Gasteiger partial charge in [-0.15, -0.1) is 0 Å². The number of anilines is 1. The molecule has 4 rings (SSSR count). The Morgan fingerprint density at radius 3 is 2.42 bits per heavy atom. The number of imide groups is 2. The first kappa shape index (κ1) is 25.0. The summed E-state index contributed by atoms with van der Waals surface area (Å²) in [5.74, 6) is 0.0893. The second-order valence-electron chi connectivity index (χ2n) is 7.84. The van der Waals surface area contributed by atoms with Crippen LogP contribution in [0.25, 0.3) is 6.08 Å². The van der Waals surface area contributed by atoms with Crippen LogP contribution in [0.4, 0.5) is 10.5 Å². The van der Waals surface area contributed by atoms with Gasteiger partial charge in [-0.3, -0.25) is 14.9 Å². The number of aryl methyl sites for hydroxylation is 1. The van der Waals surface area contributed by atoms with Gasteiger partial charge >= 0.3 is 6.03 Å². The molecule has 1 aliphatic heterocycles. The number of methoxy groups -OCH3 is 1. The number of carbonyl (C=O) groups is 3. The molecule has 9 heteroatoms. The minimum atomic E-state index is -0.798. The Hall–Kier alpha value is -4.11. The van der Waals surface area contributed by atoms with Crippen LogP contribution >= 0.6 is 15.9 Å². The molecule has 184 valence electrons. The molecule has 0 atom stereocenters. The number of halogens is 1. The fraction of sp³-hybridized carbons (Fsp3) is 0.148. The number of nitrogens with one attached hydrogen (secondary N) is 1. The number of benzene rings is 3. The van der Waals surface area contributed by atoms with Crippen LogP contribution in [0.3, 0.4) is 0 Å². The number of carbonyl (C=O) groups excluding carboxylic acids is 3. The average molecular weight is 551 g/mol. The van der Waals surface area contributed by atoms with Gasteiger partial charge in [-0.1, -0.05) is 30.3 Å². The van der Waals surface area contributed by atoms with Crippen LogP contribution in [0.2, 0.25) is 0 Å². The van der Waals surface area contributed by atoms with Crippen molar-refractivity contribution in [1.29, 1.82) is 0 Å². The molecule has 0 radical (unpaired) electrons.